The molecule has 3 N–H and O–H groups in total. The predicted molar refractivity (Wildman–Crippen MR) is 64.2 cm³/mol. The minimum absolute atomic E-state index is 0.00552. The van der Waals surface area contributed by atoms with Gasteiger partial charge in [-0.15, -0.1) is 0 Å². The van der Waals surface area contributed by atoms with Gasteiger partial charge in [-0.05, 0) is 37.1 Å². The summed E-state index contributed by atoms with van der Waals surface area (Å²) in [6, 6.07) is 2.26. The zero-order valence-corrected chi connectivity index (χ0v) is 11.0. The first-order chi connectivity index (χ1) is 8.27. The lowest BCUT2D eigenvalue weighted by Gasteiger charge is -2.13. The average molecular weight is 277 g/mol. The third-order valence-electron chi connectivity index (χ3n) is 2.41. The van der Waals surface area contributed by atoms with Crippen LogP contribution in [0.5, 0.6) is 0 Å². The van der Waals surface area contributed by atoms with Gasteiger partial charge < -0.3 is 10.2 Å². The van der Waals surface area contributed by atoms with Crippen molar-refractivity contribution >= 4 is 10.0 Å². The molecule has 0 aliphatic heterocycles. The zero-order valence-electron chi connectivity index (χ0n) is 10.1. The first-order valence-corrected chi connectivity index (χ1v) is 6.81. The Balaban J connectivity index is 3.06. The Hall–Kier alpha value is -1.02. The number of aliphatic hydroxyl groups is 2. The van der Waals surface area contributed by atoms with Gasteiger partial charge in [-0.3, -0.25) is 0 Å². The van der Waals surface area contributed by atoms with E-state index in [0.29, 0.717) is 11.1 Å². The second kappa shape index (κ2) is 5.75. The topological polar surface area (TPSA) is 86.6 Å². The maximum absolute atomic E-state index is 13.1. The fourth-order valence-corrected chi connectivity index (χ4v) is 3.19. The molecular weight excluding hydrogens is 261 g/mol. The van der Waals surface area contributed by atoms with E-state index in [0.717, 1.165) is 12.1 Å². The highest BCUT2D eigenvalue weighted by atomic mass is 32.2. The smallest absolute Gasteiger partial charge is 0.241 e. The quantitative estimate of drug-likeness (QED) is 0.711. The molecule has 1 rings (SSSR count). The Morgan fingerprint density at radius 2 is 1.83 bits per heavy atom. The Kier molecular flexibility index (Phi) is 4.80. The molecule has 0 saturated carbocycles. The number of hydrogen-bond acceptors (Lipinski definition) is 4. The van der Waals surface area contributed by atoms with E-state index in [4.69, 9.17) is 10.2 Å². The molecule has 1 atom stereocenters. The maximum atomic E-state index is 13.1. The first-order valence-electron chi connectivity index (χ1n) is 5.33. The average Bonchev–Trinajstić information content (AvgIpc) is 2.24. The molecule has 0 aliphatic carbocycles. The third-order valence-corrected chi connectivity index (χ3v) is 4.14. The number of sulfonamides is 1. The molecule has 0 saturated heterocycles. The molecule has 0 aromatic heterocycles. The van der Waals surface area contributed by atoms with E-state index in [1.807, 2.05) is 0 Å². The highest BCUT2D eigenvalue weighted by Gasteiger charge is 2.21. The Morgan fingerprint density at radius 1 is 1.33 bits per heavy atom. The Morgan fingerprint density at radius 3 is 2.28 bits per heavy atom. The van der Waals surface area contributed by atoms with Crippen LogP contribution in [0.3, 0.4) is 0 Å². The van der Waals surface area contributed by atoms with Gasteiger partial charge in [0, 0.05) is 6.54 Å². The van der Waals surface area contributed by atoms with E-state index < -0.39 is 28.6 Å². The molecule has 1 aromatic carbocycles. The molecule has 7 heteroatoms. The van der Waals surface area contributed by atoms with Gasteiger partial charge in [0.2, 0.25) is 10.0 Å². The summed E-state index contributed by atoms with van der Waals surface area (Å²) in [6.07, 6.45) is -1.17. The minimum atomic E-state index is -3.83. The number of aryl methyl sites for hydroxylation is 2. The molecule has 0 bridgehead atoms. The van der Waals surface area contributed by atoms with Gasteiger partial charge >= 0.3 is 0 Å². The van der Waals surface area contributed by atoms with Crippen molar-refractivity contribution < 1.29 is 23.0 Å². The lowest BCUT2D eigenvalue weighted by molar-refractivity contribution is 0.0988. The number of halogens is 1. The number of aliphatic hydroxyl groups excluding tert-OH is 2. The van der Waals surface area contributed by atoms with E-state index in [9.17, 15) is 12.8 Å². The van der Waals surface area contributed by atoms with Crippen LogP contribution in [0.25, 0.3) is 0 Å². The van der Waals surface area contributed by atoms with Crippen LogP contribution < -0.4 is 4.72 Å². The molecule has 102 valence electrons. The Labute approximate surface area is 105 Å². The summed E-state index contributed by atoms with van der Waals surface area (Å²) in [7, 11) is -3.83. The van der Waals surface area contributed by atoms with Crippen LogP contribution in [0.4, 0.5) is 4.39 Å². The fraction of sp³-hybridized carbons (Fsp3) is 0.455. The second-order valence-electron chi connectivity index (χ2n) is 4.06. The van der Waals surface area contributed by atoms with Crippen LogP contribution in [0.2, 0.25) is 0 Å². The van der Waals surface area contributed by atoms with E-state index in [-0.39, 0.29) is 11.4 Å². The third kappa shape index (κ3) is 3.49. The molecule has 1 unspecified atom stereocenters. The number of nitrogens with one attached hydrogen (secondary N) is 1. The maximum Gasteiger partial charge on any atom is 0.241 e. The van der Waals surface area contributed by atoms with Gasteiger partial charge in [-0.1, -0.05) is 0 Å². The van der Waals surface area contributed by atoms with Crippen LogP contribution in [-0.2, 0) is 10.0 Å². The summed E-state index contributed by atoms with van der Waals surface area (Å²) < 4.78 is 39.2. The molecule has 1 aromatic rings. The van der Waals surface area contributed by atoms with Crippen molar-refractivity contribution in [1.29, 1.82) is 0 Å². The van der Waals surface area contributed by atoms with Gasteiger partial charge in [0.05, 0.1) is 17.6 Å². The SMILES string of the molecule is Cc1cc(F)cc(C)c1S(=O)(=O)NCC(O)CO. The standard InChI is InChI=1S/C11H16FNO4S/c1-7-3-9(12)4-8(2)11(7)18(16,17)13-5-10(15)6-14/h3-4,10,13-15H,5-6H2,1-2H3. The monoisotopic (exact) mass is 277 g/mol. The van der Waals surface area contributed by atoms with Crippen molar-refractivity contribution in [3.63, 3.8) is 0 Å². The van der Waals surface area contributed by atoms with Crippen molar-refractivity contribution in [1.82, 2.24) is 4.72 Å². The minimum Gasteiger partial charge on any atom is -0.394 e. The number of benzene rings is 1. The van der Waals surface area contributed by atoms with Gasteiger partial charge in [0.15, 0.2) is 0 Å². The van der Waals surface area contributed by atoms with E-state index in [2.05, 4.69) is 4.72 Å². The first kappa shape index (κ1) is 15.0. The van der Waals surface area contributed by atoms with Gasteiger partial charge in [-0.25, -0.2) is 17.5 Å². The van der Waals surface area contributed by atoms with Gasteiger partial charge in [-0.2, -0.15) is 0 Å². The van der Waals surface area contributed by atoms with Crippen LogP contribution >= 0.6 is 0 Å². The van der Waals surface area contributed by atoms with Crippen molar-refractivity contribution in [2.24, 2.45) is 0 Å². The van der Waals surface area contributed by atoms with Crippen molar-refractivity contribution in [2.45, 2.75) is 24.8 Å². The molecular formula is C11H16FNO4S. The molecule has 0 fully saturated rings. The summed E-state index contributed by atoms with van der Waals surface area (Å²) in [4.78, 5) is -0.00552. The molecule has 0 amide bonds. The lowest BCUT2D eigenvalue weighted by atomic mass is 10.1. The van der Waals surface area contributed by atoms with Crippen LogP contribution in [0, 0.1) is 19.7 Å². The molecule has 0 spiro atoms. The van der Waals surface area contributed by atoms with Crippen molar-refractivity contribution in [2.75, 3.05) is 13.2 Å². The van der Waals surface area contributed by atoms with Gasteiger partial charge in [0.1, 0.15) is 5.82 Å². The predicted octanol–water partition coefficient (Wildman–Crippen LogP) is 0.0740. The van der Waals surface area contributed by atoms with E-state index >= 15 is 0 Å². The lowest BCUT2D eigenvalue weighted by Crippen LogP contribution is -2.34. The van der Waals surface area contributed by atoms with Crippen molar-refractivity contribution in [3.8, 4) is 0 Å². The van der Waals surface area contributed by atoms with Crippen LogP contribution in [0.1, 0.15) is 11.1 Å². The zero-order chi connectivity index (χ0) is 13.9. The summed E-state index contributed by atoms with van der Waals surface area (Å²) in [6.45, 7) is 2.15. The molecule has 0 radical (unpaired) electrons. The summed E-state index contributed by atoms with van der Waals surface area (Å²) in [5.41, 5.74) is 0.581. The van der Waals surface area contributed by atoms with Crippen molar-refractivity contribution in [3.05, 3.63) is 29.1 Å². The van der Waals surface area contributed by atoms with Crippen LogP contribution in [-0.4, -0.2) is 37.9 Å². The number of rotatable bonds is 5. The normalized spacial score (nSPS) is 13.6. The summed E-state index contributed by atoms with van der Waals surface area (Å²) >= 11 is 0. The van der Waals surface area contributed by atoms with Gasteiger partial charge in [0.25, 0.3) is 0 Å². The number of hydrogen-bond donors (Lipinski definition) is 3. The van der Waals surface area contributed by atoms with Crippen LogP contribution in [0.15, 0.2) is 17.0 Å². The highest BCUT2D eigenvalue weighted by molar-refractivity contribution is 7.89. The molecule has 0 aliphatic rings. The summed E-state index contributed by atoms with van der Waals surface area (Å²) in [5.74, 6) is -0.501. The van der Waals surface area contributed by atoms with E-state index in [1.54, 1.807) is 0 Å². The highest BCUT2D eigenvalue weighted by Crippen LogP contribution is 2.21. The largest absolute Gasteiger partial charge is 0.394 e. The Bertz CT molecular complexity index is 507. The molecule has 5 nitrogen and oxygen atoms in total. The van der Waals surface area contributed by atoms with E-state index in [1.165, 1.54) is 13.8 Å². The molecule has 18 heavy (non-hydrogen) atoms. The summed E-state index contributed by atoms with van der Waals surface area (Å²) in [5, 5.41) is 17.7. The second-order valence-corrected chi connectivity index (χ2v) is 5.76. The molecule has 0 heterocycles. The fourth-order valence-electron chi connectivity index (χ4n) is 1.66.